The Morgan fingerprint density at radius 1 is 0.397 bits per heavy atom. The van der Waals surface area contributed by atoms with Crippen LogP contribution in [0.15, 0.2) is 197 Å². The summed E-state index contributed by atoms with van der Waals surface area (Å²) in [6.07, 6.45) is 0. The number of nitrogens with zero attached hydrogens (tertiary/aromatic N) is 1. The number of furan rings is 2. The predicted molar refractivity (Wildman–Crippen MR) is 242 cm³/mol. The molecule has 0 radical (unpaired) electrons. The van der Waals surface area contributed by atoms with E-state index in [9.17, 15) is 0 Å². The van der Waals surface area contributed by atoms with E-state index in [2.05, 4.69) is 195 Å². The van der Waals surface area contributed by atoms with Crippen LogP contribution in [0, 0.1) is 0 Å². The van der Waals surface area contributed by atoms with Crippen LogP contribution in [0.1, 0.15) is 25.0 Å². The fourth-order valence-electron chi connectivity index (χ4n) is 9.62. The van der Waals surface area contributed by atoms with Gasteiger partial charge in [-0.1, -0.05) is 141 Å². The molecule has 9 aromatic carbocycles. The second-order valence-electron chi connectivity index (χ2n) is 16.1. The monoisotopic (exact) mass is 743 g/mol. The Kier molecular flexibility index (Phi) is 6.98. The van der Waals surface area contributed by atoms with Crippen molar-refractivity contribution in [1.29, 1.82) is 0 Å². The van der Waals surface area contributed by atoms with Gasteiger partial charge >= 0.3 is 0 Å². The molecule has 12 rings (SSSR count). The lowest BCUT2D eigenvalue weighted by atomic mass is 9.82. The lowest BCUT2D eigenvalue weighted by Gasteiger charge is -2.30. The molecule has 274 valence electrons. The van der Waals surface area contributed by atoms with Crippen LogP contribution in [0.25, 0.3) is 88.0 Å². The first-order valence-electron chi connectivity index (χ1n) is 20.0. The van der Waals surface area contributed by atoms with Gasteiger partial charge in [0.15, 0.2) is 0 Å². The Hall–Kier alpha value is -7.36. The van der Waals surface area contributed by atoms with E-state index in [0.717, 1.165) is 88.6 Å². The number of para-hydroxylation sites is 2. The molecule has 0 saturated heterocycles. The number of hydrogen-bond donors (Lipinski definition) is 0. The Bertz CT molecular complexity index is 3440. The largest absolute Gasteiger partial charge is 0.456 e. The molecular formula is C55H37NO2. The number of fused-ring (bicyclic) bond motifs is 11. The Labute approximate surface area is 336 Å². The number of rotatable bonds is 5. The highest BCUT2D eigenvalue weighted by Gasteiger charge is 2.38. The minimum absolute atomic E-state index is 0.135. The van der Waals surface area contributed by atoms with E-state index in [1.807, 2.05) is 12.1 Å². The van der Waals surface area contributed by atoms with Gasteiger partial charge in [0, 0.05) is 49.2 Å². The third-order valence-electron chi connectivity index (χ3n) is 12.5. The smallest absolute Gasteiger partial charge is 0.143 e. The topological polar surface area (TPSA) is 29.5 Å². The molecule has 0 aliphatic heterocycles. The third kappa shape index (κ3) is 4.80. The van der Waals surface area contributed by atoms with Crippen molar-refractivity contribution in [1.82, 2.24) is 0 Å². The SMILES string of the molecule is CC1(C)c2ccccc2-c2c(N(c3ccc(-c4ccc5c(c4)oc4ccccc45)cc3)c3ccccc3-c3ccc4oc5c6ccccc6ccc5c4c3)cccc21. The van der Waals surface area contributed by atoms with Gasteiger partial charge in [0.2, 0.25) is 0 Å². The van der Waals surface area contributed by atoms with E-state index in [1.165, 1.54) is 27.6 Å². The zero-order valence-corrected chi connectivity index (χ0v) is 32.2. The van der Waals surface area contributed by atoms with Crippen molar-refractivity contribution >= 4 is 71.7 Å². The lowest BCUT2D eigenvalue weighted by Crippen LogP contribution is -2.16. The third-order valence-corrected chi connectivity index (χ3v) is 12.5. The molecule has 11 aromatic rings. The highest BCUT2D eigenvalue weighted by atomic mass is 16.3. The summed E-state index contributed by atoms with van der Waals surface area (Å²) in [7, 11) is 0. The first-order valence-corrected chi connectivity index (χ1v) is 20.0. The van der Waals surface area contributed by atoms with Gasteiger partial charge in [-0.25, -0.2) is 0 Å². The van der Waals surface area contributed by atoms with Crippen LogP contribution in [0.3, 0.4) is 0 Å². The normalized spacial score (nSPS) is 13.1. The lowest BCUT2D eigenvalue weighted by molar-refractivity contribution is 0.660. The molecular weight excluding hydrogens is 707 g/mol. The van der Waals surface area contributed by atoms with Gasteiger partial charge in [0.25, 0.3) is 0 Å². The van der Waals surface area contributed by atoms with Crippen molar-refractivity contribution in [2.45, 2.75) is 19.3 Å². The summed E-state index contributed by atoms with van der Waals surface area (Å²) in [5.41, 5.74) is 16.6. The van der Waals surface area contributed by atoms with Crippen molar-refractivity contribution in [3.05, 3.63) is 199 Å². The highest BCUT2D eigenvalue weighted by molar-refractivity contribution is 6.16. The Morgan fingerprint density at radius 2 is 1.05 bits per heavy atom. The molecule has 0 unspecified atom stereocenters. The van der Waals surface area contributed by atoms with Crippen molar-refractivity contribution in [3.8, 4) is 33.4 Å². The van der Waals surface area contributed by atoms with Gasteiger partial charge in [0.05, 0.1) is 11.4 Å². The maximum atomic E-state index is 6.55. The van der Waals surface area contributed by atoms with Gasteiger partial charge < -0.3 is 13.7 Å². The number of hydrogen-bond acceptors (Lipinski definition) is 3. The minimum atomic E-state index is -0.135. The van der Waals surface area contributed by atoms with Crippen molar-refractivity contribution in [3.63, 3.8) is 0 Å². The van der Waals surface area contributed by atoms with Gasteiger partial charge in [0.1, 0.15) is 22.3 Å². The zero-order valence-electron chi connectivity index (χ0n) is 32.2. The molecule has 1 aliphatic rings. The number of anilines is 3. The quantitative estimate of drug-likeness (QED) is 0.176. The van der Waals surface area contributed by atoms with Crippen LogP contribution in [0.2, 0.25) is 0 Å². The first kappa shape index (κ1) is 32.8. The van der Waals surface area contributed by atoms with Crippen molar-refractivity contribution in [2.75, 3.05) is 4.90 Å². The minimum Gasteiger partial charge on any atom is -0.456 e. The summed E-state index contributed by atoms with van der Waals surface area (Å²) in [4.78, 5) is 2.46. The first-order chi connectivity index (χ1) is 28.5. The van der Waals surface area contributed by atoms with E-state index in [0.29, 0.717) is 0 Å². The molecule has 0 bridgehead atoms. The van der Waals surface area contributed by atoms with Crippen LogP contribution in [-0.4, -0.2) is 0 Å². The summed E-state index contributed by atoms with van der Waals surface area (Å²) in [5.74, 6) is 0. The van der Waals surface area contributed by atoms with E-state index in [4.69, 9.17) is 8.83 Å². The number of benzene rings is 9. The maximum absolute atomic E-state index is 6.55. The van der Waals surface area contributed by atoms with Crippen LogP contribution in [-0.2, 0) is 5.41 Å². The van der Waals surface area contributed by atoms with Gasteiger partial charge in [-0.15, -0.1) is 0 Å². The molecule has 2 heterocycles. The van der Waals surface area contributed by atoms with Crippen LogP contribution in [0.4, 0.5) is 17.1 Å². The molecule has 58 heavy (non-hydrogen) atoms. The highest BCUT2D eigenvalue weighted by Crippen LogP contribution is 2.55. The molecule has 3 heteroatoms. The fourth-order valence-corrected chi connectivity index (χ4v) is 9.62. The van der Waals surface area contributed by atoms with Gasteiger partial charge in [-0.05, 0) is 99.4 Å². The van der Waals surface area contributed by atoms with E-state index in [1.54, 1.807) is 0 Å². The summed E-state index contributed by atoms with van der Waals surface area (Å²) in [6.45, 7) is 4.70. The average Bonchev–Trinajstić information content (AvgIpc) is 3.92. The molecule has 0 spiro atoms. The molecule has 0 N–H and O–H groups in total. The molecule has 0 atom stereocenters. The molecule has 3 nitrogen and oxygen atoms in total. The van der Waals surface area contributed by atoms with Gasteiger partial charge in [-0.2, -0.15) is 0 Å². The molecule has 0 amide bonds. The molecule has 0 saturated carbocycles. The van der Waals surface area contributed by atoms with E-state index < -0.39 is 0 Å². The van der Waals surface area contributed by atoms with Crippen molar-refractivity contribution in [2.24, 2.45) is 0 Å². The van der Waals surface area contributed by atoms with Crippen LogP contribution in [0.5, 0.6) is 0 Å². The fraction of sp³-hybridized carbons (Fsp3) is 0.0545. The summed E-state index contributed by atoms with van der Waals surface area (Å²) in [5, 5.41) is 6.82. The zero-order chi connectivity index (χ0) is 38.5. The second-order valence-corrected chi connectivity index (χ2v) is 16.1. The van der Waals surface area contributed by atoms with Crippen LogP contribution < -0.4 is 4.90 Å². The predicted octanol–water partition coefficient (Wildman–Crippen LogP) is 15.7. The summed E-state index contributed by atoms with van der Waals surface area (Å²) < 4.78 is 12.8. The summed E-state index contributed by atoms with van der Waals surface area (Å²) >= 11 is 0. The summed E-state index contributed by atoms with van der Waals surface area (Å²) in [6, 6.07) is 67.8. The standard InChI is InChI=1S/C55H37NO2/c1-55(2)46-17-8-5-16-44(46)53-47(55)18-11-20-49(53)56(38-27-22-34(23-28-38)36-25-29-42-41-15-7-10-21-50(41)57-52(42)33-36)48-19-9-6-13-39(48)37-26-31-51-45(32-37)43-30-24-35-12-3-4-14-40(35)54(43)58-51/h3-33H,1-2H3. The van der Waals surface area contributed by atoms with Crippen molar-refractivity contribution < 1.29 is 8.83 Å². The van der Waals surface area contributed by atoms with Gasteiger partial charge in [-0.3, -0.25) is 0 Å². The second kappa shape index (κ2) is 12.3. The molecule has 2 aromatic heterocycles. The molecule has 0 fully saturated rings. The van der Waals surface area contributed by atoms with E-state index >= 15 is 0 Å². The Morgan fingerprint density at radius 3 is 1.95 bits per heavy atom. The molecule has 1 aliphatic carbocycles. The maximum Gasteiger partial charge on any atom is 0.143 e. The van der Waals surface area contributed by atoms with E-state index in [-0.39, 0.29) is 5.41 Å². The van der Waals surface area contributed by atoms with Crippen LogP contribution >= 0.6 is 0 Å². The Balaban J connectivity index is 1.05. The average molecular weight is 744 g/mol.